The lowest BCUT2D eigenvalue weighted by molar-refractivity contribution is -0.137. The van der Waals surface area contributed by atoms with Crippen LogP contribution in [0.5, 0.6) is 0 Å². The lowest BCUT2D eigenvalue weighted by Crippen LogP contribution is -2.52. The topological polar surface area (TPSA) is 90.1 Å². The van der Waals surface area contributed by atoms with Gasteiger partial charge in [0.1, 0.15) is 6.54 Å². The minimum absolute atomic E-state index is 0.122. The Morgan fingerprint density at radius 3 is 2.73 bits per heavy atom. The summed E-state index contributed by atoms with van der Waals surface area (Å²) in [5, 5.41) is 22.6. The number of Topliss-reactive ketones (excluding diaryl/α,β-unsaturated/α-hetero) is 1. The van der Waals surface area contributed by atoms with Crippen LogP contribution >= 0.6 is 0 Å². The molecule has 0 bridgehead atoms. The first-order chi connectivity index (χ1) is 14.4. The highest BCUT2D eigenvalue weighted by Gasteiger charge is 2.59. The van der Waals surface area contributed by atoms with Gasteiger partial charge in [0.15, 0.2) is 12.1 Å². The lowest BCUT2D eigenvalue weighted by Gasteiger charge is -2.57. The average Bonchev–Trinajstić information content (AvgIpc) is 3.34. The van der Waals surface area contributed by atoms with Gasteiger partial charge < -0.3 is 9.84 Å². The molecule has 0 aliphatic heterocycles. The highest BCUT2D eigenvalue weighted by atomic mass is 16.5. The summed E-state index contributed by atoms with van der Waals surface area (Å²) in [5.41, 5.74) is -0.497. The molecule has 7 nitrogen and oxygen atoms in total. The number of tetrazole rings is 1. The van der Waals surface area contributed by atoms with Crippen molar-refractivity contribution in [2.24, 2.45) is 40.9 Å². The minimum Gasteiger partial charge on any atom is -0.387 e. The molecule has 1 aromatic rings. The van der Waals surface area contributed by atoms with Crippen LogP contribution in [0.2, 0.25) is 0 Å². The molecule has 0 aromatic carbocycles. The number of aromatic nitrogens is 4. The van der Waals surface area contributed by atoms with Crippen molar-refractivity contribution in [1.82, 2.24) is 20.2 Å². The van der Waals surface area contributed by atoms with E-state index in [4.69, 9.17) is 4.74 Å². The number of methoxy groups -OCH3 is 1. The van der Waals surface area contributed by atoms with E-state index in [0.29, 0.717) is 18.4 Å². The zero-order valence-corrected chi connectivity index (χ0v) is 18.4. The maximum Gasteiger partial charge on any atom is 0.162 e. The van der Waals surface area contributed by atoms with Gasteiger partial charge in [-0.2, -0.15) is 4.80 Å². The number of nitrogens with zero attached hydrogens (tertiary/aromatic N) is 4. The van der Waals surface area contributed by atoms with E-state index in [9.17, 15) is 9.90 Å². The number of fused-ring (bicyclic) bond motifs is 5. The van der Waals surface area contributed by atoms with Crippen molar-refractivity contribution in [3.8, 4) is 0 Å². The van der Waals surface area contributed by atoms with Gasteiger partial charge in [0.25, 0.3) is 0 Å². The second kappa shape index (κ2) is 7.66. The third-order valence-electron chi connectivity index (χ3n) is 9.59. The van der Waals surface area contributed by atoms with Crippen molar-refractivity contribution < 1.29 is 14.6 Å². The van der Waals surface area contributed by atoms with Gasteiger partial charge in [-0.1, -0.05) is 6.92 Å². The summed E-state index contributed by atoms with van der Waals surface area (Å²) in [6.07, 6.45) is 11.4. The van der Waals surface area contributed by atoms with Crippen LogP contribution in [0.4, 0.5) is 0 Å². The summed E-state index contributed by atoms with van der Waals surface area (Å²) in [5.74, 6) is 3.99. The molecule has 30 heavy (non-hydrogen) atoms. The molecule has 5 rings (SSSR count). The molecule has 1 aromatic heterocycles. The molecule has 4 saturated carbocycles. The van der Waals surface area contributed by atoms with Gasteiger partial charge in [0.05, 0.1) is 12.2 Å². The van der Waals surface area contributed by atoms with Crippen molar-refractivity contribution in [3.63, 3.8) is 0 Å². The molecule has 7 heteroatoms. The van der Waals surface area contributed by atoms with Crippen molar-refractivity contribution in [1.29, 1.82) is 0 Å². The number of hydrogen-bond acceptors (Lipinski definition) is 6. The molecule has 1 heterocycles. The summed E-state index contributed by atoms with van der Waals surface area (Å²) in [6.45, 7) is 3.11. The van der Waals surface area contributed by atoms with Crippen molar-refractivity contribution in [2.45, 2.75) is 76.9 Å². The summed E-state index contributed by atoms with van der Waals surface area (Å²) < 4.78 is 5.32. The fraction of sp³-hybridized carbons (Fsp3) is 0.913. The second-order valence-corrected chi connectivity index (χ2v) is 10.9. The predicted octanol–water partition coefficient (Wildman–Crippen LogP) is 2.89. The van der Waals surface area contributed by atoms with Gasteiger partial charge in [-0.15, -0.1) is 10.2 Å². The van der Waals surface area contributed by atoms with Crippen molar-refractivity contribution in [2.75, 3.05) is 13.7 Å². The molecule has 0 unspecified atom stereocenters. The monoisotopic (exact) mass is 416 g/mol. The average molecular weight is 417 g/mol. The Morgan fingerprint density at radius 2 is 1.97 bits per heavy atom. The van der Waals surface area contributed by atoms with Crippen LogP contribution in [-0.4, -0.2) is 50.4 Å². The number of ketones is 1. The standard InChI is InChI=1S/C23H36N4O3/c1-22-9-7-17-16-8-10-23(29,13-30-2)11-15(16)3-4-18(17)19(22)5-6-20(22)21(28)12-27-25-14-24-26-27/h14-20,29H,3-13H2,1-2H3/t15-,16-,17+,18+,19-,20+,22-,23-/m0/s1. The van der Waals surface area contributed by atoms with Crippen LogP contribution in [0.3, 0.4) is 0 Å². The van der Waals surface area contributed by atoms with Gasteiger partial charge >= 0.3 is 0 Å². The van der Waals surface area contributed by atoms with E-state index in [1.165, 1.54) is 36.8 Å². The van der Waals surface area contributed by atoms with Crippen molar-refractivity contribution >= 4 is 5.78 Å². The van der Waals surface area contributed by atoms with Gasteiger partial charge in [-0.25, -0.2) is 0 Å². The van der Waals surface area contributed by atoms with Crippen LogP contribution in [0.1, 0.15) is 64.7 Å². The van der Waals surface area contributed by atoms with Crippen LogP contribution in [0, 0.1) is 40.9 Å². The Labute approximate surface area is 178 Å². The Hall–Kier alpha value is -1.34. The molecule has 0 amide bonds. The Balaban J connectivity index is 1.29. The van der Waals surface area contributed by atoms with Gasteiger partial charge in [0.2, 0.25) is 0 Å². The molecule has 166 valence electrons. The Bertz CT molecular complexity index is 771. The summed E-state index contributed by atoms with van der Waals surface area (Å²) in [7, 11) is 1.69. The fourth-order valence-corrected chi connectivity index (χ4v) is 8.40. The fourth-order valence-electron chi connectivity index (χ4n) is 8.40. The molecule has 4 aliphatic rings. The van der Waals surface area contributed by atoms with E-state index in [1.807, 2.05) is 0 Å². The van der Waals surface area contributed by atoms with E-state index >= 15 is 0 Å². The maximum atomic E-state index is 13.1. The number of ether oxygens (including phenoxy) is 1. The number of aliphatic hydroxyl groups is 1. The largest absolute Gasteiger partial charge is 0.387 e. The normalized spacial score (nSPS) is 45.4. The second-order valence-electron chi connectivity index (χ2n) is 10.9. The van der Waals surface area contributed by atoms with Gasteiger partial charge in [-0.3, -0.25) is 4.79 Å². The van der Waals surface area contributed by atoms with E-state index in [1.54, 1.807) is 7.11 Å². The maximum absolute atomic E-state index is 13.1. The first-order valence-corrected chi connectivity index (χ1v) is 11.9. The van der Waals surface area contributed by atoms with Crippen LogP contribution in [0.25, 0.3) is 0 Å². The third-order valence-corrected chi connectivity index (χ3v) is 9.59. The molecule has 0 spiro atoms. The lowest BCUT2D eigenvalue weighted by atomic mass is 9.49. The number of carbonyl (C=O) groups excluding carboxylic acids is 1. The number of rotatable bonds is 5. The van der Waals surface area contributed by atoms with Crippen LogP contribution < -0.4 is 0 Å². The smallest absolute Gasteiger partial charge is 0.162 e. The van der Waals surface area contributed by atoms with E-state index < -0.39 is 5.60 Å². The first kappa shape index (κ1) is 20.6. The number of carbonyl (C=O) groups is 1. The molecule has 4 fully saturated rings. The predicted molar refractivity (Wildman–Crippen MR) is 110 cm³/mol. The summed E-state index contributed by atoms with van der Waals surface area (Å²) in [6, 6.07) is 0. The molecule has 0 radical (unpaired) electrons. The Kier molecular flexibility index (Phi) is 5.25. The quantitative estimate of drug-likeness (QED) is 0.794. The zero-order chi connectivity index (χ0) is 20.9. The van der Waals surface area contributed by atoms with Crippen molar-refractivity contribution in [3.05, 3.63) is 6.33 Å². The first-order valence-electron chi connectivity index (χ1n) is 11.9. The van der Waals surface area contributed by atoms with Crippen LogP contribution in [-0.2, 0) is 16.1 Å². The molecule has 1 N–H and O–H groups in total. The minimum atomic E-state index is -0.619. The number of hydrogen-bond donors (Lipinski definition) is 1. The Morgan fingerprint density at radius 1 is 1.13 bits per heavy atom. The molecular formula is C23H36N4O3. The van der Waals surface area contributed by atoms with E-state index in [2.05, 4.69) is 22.3 Å². The molecule has 8 atom stereocenters. The zero-order valence-electron chi connectivity index (χ0n) is 18.4. The molecule has 4 aliphatic carbocycles. The summed E-state index contributed by atoms with van der Waals surface area (Å²) >= 11 is 0. The summed E-state index contributed by atoms with van der Waals surface area (Å²) in [4.78, 5) is 14.6. The SMILES string of the molecule is COC[C@]1(O)CC[C@H]2[C@@H](CC[C@@H]3[C@@H]2CC[C@]2(C)[C@@H](C(=O)Cn4ncnn4)CC[C@@H]32)C1. The highest BCUT2D eigenvalue weighted by molar-refractivity contribution is 5.81. The molecular weight excluding hydrogens is 380 g/mol. The van der Waals surface area contributed by atoms with Crippen LogP contribution in [0.15, 0.2) is 6.33 Å². The third kappa shape index (κ3) is 3.32. The van der Waals surface area contributed by atoms with Gasteiger partial charge in [-0.05, 0) is 98.0 Å². The highest BCUT2D eigenvalue weighted by Crippen LogP contribution is 2.64. The van der Waals surface area contributed by atoms with Gasteiger partial charge in [0, 0.05) is 13.0 Å². The van der Waals surface area contributed by atoms with E-state index in [-0.39, 0.29) is 23.7 Å². The van der Waals surface area contributed by atoms with E-state index in [0.717, 1.165) is 49.9 Å². The molecule has 0 saturated heterocycles.